The van der Waals surface area contributed by atoms with Crippen LogP contribution < -0.4 is 14.8 Å². The number of nitrogens with zero attached hydrogens (tertiary/aromatic N) is 1. The lowest BCUT2D eigenvalue weighted by Crippen LogP contribution is -2.63. The van der Waals surface area contributed by atoms with Crippen LogP contribution in [0.3, 0.4) is 0 Å². The first-order valence-electron chi connectivity index (χ1n) is 8.85. The van der Waals surface area contributed by atoms with Crippen molar-refractivity contribution in [3.05, 3.63) is 46.5 Å². The fraction of sp³-hybridized carbons (Fsp3) is 0.353. The highest BCUT2D eigenvalue weighted by molar-refractivity contribution is 7.90. The van der Waals surface area contributed by atoms with Crippen LogP contribution in [0.25, 0.3) is 0 Å². The molecule has 0 bridgehead atoms. The molecule has 7 nitrogen and oxygen atoms in total. The number of alkyl halides is 3. The molecule has 1 aromatic carbocycles. The first-order chi connectivity index (χ1) is 14.7. The highest BCUT2D eigenvalue weighted by Gasteiger charge is 2.60. The summed E-state index contributed by atoms with van der Waals surface area (Å²) in [4.78, 5) is 12.5. The standard InChI is InChI=1S/C17H15ClF6N4O3S/c1-28-7-11(26-32(30,31)27-16(3-2-4-16)17(22,23)24)12(18)14(28)15(29)25-8-5-9(19)13(21)10(20)6-8/h5-7,26-27H,2-4H2,1H3,(H,25,29). The summed E-state index contributed by atoms with van der Waals surface area (Å²) in [6.45, 7) is 0. The van der Waals surface area contributed by atoms with Crippen LogP contribution in [0.5, 0.6) is 0 Å². The van der Waals surface area contributed by atoms with Crippen molar-refractivity contribution in [2.45, 2.75) is 31.0 Å². The lowest BCUT2D eigenvalue weighted by atomic mass is 9.77. The summed E-state index contributed by atoms with van der Waals surface area (Å²) in [5.41, 5.74) is -3.86. The van der Waals surface area contributed by atoms with Gasteiger partial charge < -0.3 is 9.88 Å². The van der Waals surface area contributed by atoms with Crippen LogP contribution in [0.15, 0.2) is 18.3 Å². The Bertz CT molecular complexity index is 1150. The first kappa shape index (κ1) is 24.2. The van der Waals surface area contributed by atoms with Gasteiger partial charge in [-0.2, -0.15) is 26.3 Å². The molecule has 2 aromatic rings. The minimum atomic E-state index is -4.81. The zero-order valence-corrected chi connectivity index (χ0v) is 17.7. The molecular weight excluding hydrogens is 490 g/mol. The van der Waals surface area contributed by atoms with Crippen molar-refractivity contribution in [3.8, 4) is 0 Å². The molecule has 1 aliphatic carbocycles. The summed E-state index contributed by atoms with van der Waals surface area (Å²) < 4.78 is 109. The van der Waals surface area contributed by atoms with Gasteiger partial charge in [0.25, 0.3) is 16.1 Å². The van der Waals surface area contributed by atoms with E-state index in [2.05, 4.69) is 5.32 Å². The van der Waals surface area contributed by atoms with Crippen LogP contribution in [0.4, 0.5) is 37.7 Å². The Morgan fingerprint density at radius 2 is 1.72 bits per heavy atom. The van der Waals surface area contributed by atoms with Crippen molar-refractivity contribution in [1.82, 2.24) is 9.29 Å². The molecule has 0 radical (unpaired) electrons. The summed E-state index contributed by atoms with van der Waals surface area (Å²) in [5.74, 6) is -5.92. The van der Waals surface area contributed by atoms with Crippen LogP contribution in [-0.4, -0.2) is 30.6 Å². The number of anilines is 2. The van der Waals surface area contributed by atoms with Gasteiger partial charge in [0.05, 0.1) is 10.7 Å². The Balaban J connectivity index is 1.82. The second-order valence-electron chi connectivity index (χ2n) is 7.17. The Hall–Kier alpha value is -2.45. The molecule has 0 unspecified atom stereocenters. The van der Waals surface area contributed by atoms with Crippen molar-refractivity contribution in [2.75, 3.05) is 10.0 Å². The summed E-state index contributed by atoms with van der Waals surface area (Å²) in [7, 11) is -3.49. The van der Waals surface area contributed by atoms with E-state index in [-0.39, 0.29) is 12.1 Å². The number of halogens is 7. The average Bonchev–Trinajstić information content (AvgIpc) is 2.87. The van der Waals surface area contributed by atoms with E-state index in [1.54, 1.807) is 4.72 Å². The van der Waals surface area contributed by atoms with E-state index in [1.807, 2.05) is 4.72 Å². The predicted molar refractivity (Wildman–Crippen MR) is 103 cm³/mol. The smallest absolute Gasteiger partial charge is 0.343 e. The maximum atomic E-state index is 13.3. The molecule has 1 heterocycles. The van der Waals surface area contributed by atoms with Gasteiger partial charge in [0, 0.05) is 31.1 Å². The zero-order valence-electron chi connectivity index (χ0n) is 16.1. The van der Waals surface area contributed by atoms with Crippen molar-refractivity contribution < 1.29 is 39.6 Å². The summed E-state index contributed by atoms with van der Waals surface area (Å²) in [6.07, 6.45) is -4.48. The number of nitrogens with one attached hydrogen (secondary N) is 3. The largest absolute Gasteiger partial charge is 0.407 e. The zero-order chi connectivity index (χ0) is 24.1. The van der Waals surface area contributed by atoms with Gasteiger partial charge in [-0.3, -0.25) is 9.52 Å². The van der Waals surface area contributed by atoms with E-state index in [4.69, 9.17) is 11.6 Å². The van der Waals surface area contributed by atoms with Crippen LogP contribution in [0, 0.1) is 17.5 Å². The fourth-order valence-electron chi connectivity index (χ4n) is 3.15. The van der Waals surface area contributed by atoms with E-state index >= 15 is 0 Å². The number of rotatable bonds is 6. The van der Waals surface area contributed by atoms with E-state index < -0.39 is 74.5 Å². The number of carbonyl (C=O) groups excluding carboxylic acids is 1. The molecule has 176 valence electrons. The van der Waals surface area contributed by atoms with Crippen molar-refractivity contribution in [3.63, 3.8) is 0 Å². The molecular formula is C17H15ClF6N4O3S. The van der Waals surface area contributed by atoms with E-state index in [0.29, 0.717) is 12.1 Å². The van der Waals surface area contributed by atoms with Crippen LogP contribution in [-0.2, 0) is 17.3 Å². The van der Waals surface area contributed by atoms with E-state index in [9.17, 15) is 39.6 Å². The topological polar surface area (TPSA) is 92.2 Å². The van der Waals surface area contributed by atoms with Gasteiger partial charge in [0.1, 0.15) is 11.2 Å². The third kappa shape index (κ3) is 4.52. The molecule has 0 atom stereocenters. The molecule has 0 aliphatic heterocycles. The molecule has 3 N–H and O–H groups in total. The maximum absolute atomic E-state index is 13.3. The highest BCUT2D eigenvalue weighted by Crippen LogP contribution is 2.45. The Kier molecular flexibility index (Phi) is 6.17. The number of carbonyl (C=O) groups is 1. The molecule has 1 aliphatic rings. The second kappa shape index (κ2) is 8.15. The van der Waals surface area contributed by atoms with Crippen molar-refractivity contribution >= 4 is 39.1 Å². The van der Waals surface area contributed by atoms with Crippen LogP contribution in [0.1, 0.15) is 29.8 Å². The quantitative estimate of drug-likeness (QED) is 0.409. The third-order valence-corrected chi connectivity index (χ3v) is 6.43. The van der Waals surface area contributed by atoms with Crippen LogP contribution >= 0.6 is 11.6 Å². The SMILES string of the molecule is Cn1cc(NS(=O)(=O)NC2(C(F)(F)F)CCC2)c(Cl)c1C(=O)Nc1cc(F)c(F)c(F)c1. The molecule has 3 rings (SSSR count). The summed E-state index contributed by atoms with van der Waals surface area (Å²) in [6, 6.07) is 1.02. The van der Waals surface area contributed by atoms with Crippen molar-refractivity contribution in [2.24, 2.45) is 7.05 Å². The van der Waals surface area contributed by atoms with Gasteiger partial charge in [-0.25, -0.2) is 13.2 Å². The minimum absolute atomic E-state index is 0.184. The number of hydrogen-bond acceptors (Lipinski definition) is 3. The molecule has 1 fully saturated rings. The van der Waals surface area contributed by atoms with Crippen LogP contribution in [0.2, 0.25) is 5.02 Å². The normalized spacial score (nSPS) is 15.9. The van der Waals surface area contributed by atoms with Gasteiger partial charge in [-0.15, -0.1) is 0 Å². The fourth-order valence-corrected chi connectivity index (χ4v) is 4.85. The molecule has 0 saturated heterocycles. The van der Waals surface area contributed by atoms with Gasteiger partial charge >= 0.3 is 6.18 Å². The molecule has 0 spiro atoms. The van der Waals surface area contributed by atoms with E-state index in [0.717, 1.165) is 10.8 Å². The lowest BCUT2D eigenvalue weighted by molar-refractivity contribution is -0.212. The molecule has 15 heteroatoms. The van der Waals surface area contributed by atoms with Crippen molar-refractivity contribution in [1.29, 1.82) is 0 Å². The van der Waals surface area contributed by atoms with Gasteiger partial charge in [0.15, 0.2) is 17.5 Å². The summed E-state index contributed by atoms with van der Waals surface area (Å²) in [5, 5.41) is 1.58. The molecule has 1 aromatic heterocycles. The lowest BCUT2D eigenvalue weighted by Gasteiger charge is -2.42. The molecule has 1 saturated carbocycles. The molecule has 1 amide bonds. The third-order valence-electron chi connectivity index (χ3n) is 4.90. The Morgan fingerprint density at radius 1 is 1.16 bits per heavy atom. The molecule has 32 heavy (non-hydrogen) atoms. The monoisotopic (exact) mass is 504 g/mol. The Morgan fingerprint density at radius 3 is 2.19 bits per heavy atom. The maximum Gasteiger partial charge on any atom is 0.407 e. The number of benzene rings is 1. The summed E-state index contributed by atoms with van der Waals surface area (Å²) >= 11 is 6.03. The minimum Gasteiger partial charge on any atom is -0.343 e. The number of aryl methyl sites for hydroxylation is 1. The number of aromatic nitrogens is 1. The van der Waals surface area contributed by atoms with Gasteiger partial charge in [-0.05, 0) is 19.3 Å². The van der Waals surface area contributed by atoms with Gasteiger partial charge in [0.2, 0.25) is 0 Å². The average molecular weight is 505 g/mol. The number of hydrogen-bond donors (Lipinski definition) is 3. The predicted octanol–water partition coefficient (Wildman–Crippen LogP) is 4.08. The highest BCUT2D eigenvalue weighted by atomic mass is 35.5. The van der Waals surface area contributed by atoms with E-state index in [1.165, 1.54) is 7.05 Å². The Labute approximate surface area is 182 Å². The first-order valence-corrected chi connectivity index (χ1v) is 10.7. The number of amides is 1. The second-order valence-corrected chi connectivity index (χ2v) is 8.96. The van der Waals surface area contributed by atoms with Gasteiger partial charge in [-0.1, -0.05) is 11.6 Å².